The van der Waals surface area contributed by atoms with Crippen molar-refractivity contribution in [3.63, 3.8) is 0 Å². The zero-order valence-electron chi connectivity index (χ0n) is 7.33. The molecule has 2 unspecified atom stereocenters. The smallest absolute Gasteiger partial charge is 0.0558 e. The first-order chi connectivity index (χ1) is 6.38. The van der Waals surface area contributed by atoms with Crippen LogP contribution in [0.4, 0.5) is 0 Å². The summed E-state index contributed by atoms with van der Waals surface area (Å²) in [7, 11) is 0. The van der Waals surface area contributed by atoms with Crippen LogP contribution in [0.15, 0.2) is 30.3 Å². The molecular weight excluding hydrogens is 164 g/mol. The molecule has 0 aromatic heterocycles. The molecule has 0 bridgehead atoms. The highest BCUT2D eigenvalue weighted by Gasteiger charge is 2.21. The van der Waals surface area contributed by atoms with Crippen LogP contribution < -0.4 is 22.1 Å². The van der Waals surface area contributed by atoms with Crippen LogP contribution in [0.5, 0.6) is 0 Å². The first-order valence-electron chi connectivity index (χ1n) is 4.42. The summed E-state index contributed by atoms with van der Waals surface area (Å²) in [6.07, 6.45) is 0. The fraction of sp³-hybridized carbons (Fsp3) is 0.333. The van der Waals surface area contributed by atoms with Gasteiger partial charge in [0.25, 0.3) is 0 Å². The number of nitrogens with one attached hydrogen (secondary N) is 3. The van der Waals surface area contributed by atoms with E-state index in [-0.39, 0.29) is 12.1 Å². The Balaban J connectivity index is 2.08. The first kappa shape index (κ1) is 8.65. The Kier molecular flexibility index (Phi) is 2.56. The molecule has 13 heavy (non-hydrogen) atoms. The van der Waals surface area contributed by atoms with Gasteiger partial charge in [-0.1, -0.05) is 30.3 Å². The molecular formula is C9H14N4. The first-order valence-corrected chi connectivity index (χ1v) is 4.42. The van der Waals surface area contributed by atoms with Crippen LogP contribution >= 0.6 is 0 Å². The van der Waals surface area contributed by atoms with Crippen LogP contribution in [-0.2, 0) is 0 Å². The van der Waals surface area contributed by atoms with Crippen molar-refractivity contribution in [2.45, 2.75) is 12.1 Å². The maximum absolute atomic E-state index is 6.06. The van der Waals surface area contributed by atoms with Gasteiger partial charge in [-0.15, -0.1) is 0 Å². The third kappa shape index (κ3) is 1.87. The average molecular weight is 178 g/mol. The molecule has 0 aliphatic carbocycles. The van der Waals surface area contributed by atoms with Gasteiger partial charge in [0.2, 0.25) is 0 Å². The molecule has 2 atom stereocenters. The molecule has 1 aliphatic heterocycles. The summed E-state index contributed by atoms with van der Waals surface area (Å²) in [5, 5.41) is 0. The molecule has 1 aromatic rings. The standard InChI is InChI=1S/C9H14N4/c10-9(8-6-11-13-12-8)7-4-2-1-3-5-7/h1-5,8-9,11-13H,6,10H2. The van der Waals surface area contributed by atoms with Crippen molar-refractivity contribution in [2.75, 3.05) is 6.54 Å². The highest BCUT2D eigenvalue weighted by molar-refractivity contribution is 5.20. The number of hydrazine groups is 2. The Morgan fingerprint density at radius 3 is 2.69 bits per heavy atom. The molecule has 0 amide bonds. The van der Waals surface area contributed by atoms with Crippen molar-refractivity contribution in [1.82, 2.24) is 16.4 Å². The Morgan fingerprint density at radius 1 is 1.31 bits per heavy atom. The topological polar surface area (TPSA) is 62.1 Å². The van der Waals surface area contributed by atoms with Gasteiger partial charge in [0.15, 0.2) is 0 Å². The third-order valence-corrected chi connectivity index (χ3v) is 2.29. The highest BCUT2D eigenvalue weighted by Crippen LogP contribution is 2.13. The molecule has 1 aliphatic rings. The summed E-state index contributed by atoms with van der Waals surface area (Å²) in [4.78, 5) is 0. The molecule has 2 rings (SSSR count). The van der Waals surface area contributed by atoms with Crippen LogP contribution in [0.3, 0.4) is 0 Å². The van der Waals surface area contributed by atoms with Gasteiger partial charge >= 0.3 is 0 Å². The SMILES string of the molecule is NC(c1ccccc1)C1CNNN1. The molecule has 1 fully saturated rings. The molecule has 0 radical (unpaired) electrons. The summed E-state index contributed by atoms with van der Waals surface area (Å²) in [5.41, 5.74) is 16.1. The number of hydrogen-bond donors (Lipinski definition) is 4. The lowest BCUT2D eigenvalue weighted by atomic mass is 10.0. The summed E-state index contributed by atoms with van der Waals surface area (Å²) >= 11 is 0. The van der Waals surface area contributed by atoms with Crippen LogP contribution in [0.1, 0.15) is 11.6 Å². The predicted molar refractivity (Wildman–Crippen MR) is 51.4 cm³/mol. The predicted octanol–water partition coefficient (Wildman–Crippen LogP) is -0.333. The summed E-state index contributed by atoms with van der Waals surface area (Å²) in [6.45, 7) is 0.843. The largest absolute Gasteiger partial charge is 0.323 e. The third-order valence-electron chi connectivity index (χ3n) is 2.29. The maximum atomic E-state index is 6.06. The molecule has 4 nitrogen and oxygen atoms in total. The number of hydrogen-bond acceptors (Lipinski definition) is 4. The monoisotopic (exact) mass is 178 g/mol. The van der Waals surface area contributed by atoms with Gasteiger partial charge in [-0.2, -0.15) is 5.53 Å². The van der Waals surface area contributed by atoms with Crippen LogP contribution in [0.2, 0.25) is 0 Å². The molecule has 4 heteroatoms. The Morgan fingerprint density at radius 2 is 2.08 bits per heavy atom. The van der Waals surface area contributed by atoms with Crippen molar-refractivity contribution in [2.24, 2.45) is 5.73 Å². The number of nitrogens with two attached hydrogens (primary N) is 1. The zero-order valence-corrected chi connectivity index (χ0v) is 7.33. The molecule has 1 aromatic carbocycles. The summed E-state index contributed by atoms with van der Waals surface area (Å²) in [6, 6.07) is 10.4. The Hall–Kier alpha value is -0.940. The van der Waals surface area contributed by atoms with Gasteiger partial charge in [-0.25, -0.2) is 10.9 Å². The van der Waals surface area contributed by atoms with E-state index in [9.17, 15) is 0 Å². The van der Waals surface area contributed by atoms with E-state index in [1.165, 1.54) is 0 Å². The average Bonchev–Trinajstić information content (AvgIpc) is 2.71. The fourth-order valence-corrected chi connectivity index (χ4v) is 1.48. The van der Waals surface area contributed by atoms with Crippen LogP contribution in [0, 0.1) is 0 Å². The fourth-order valence-electron chi connectivity index (χ4n) is 1.48. The van der Waals surface area contributed by atoms with E-state index in [0.717, 1.165) is 12.1 Å². The van der Waals surface area contributed by atoms with Crippen molar-refractivity contribution < 1.29 is 0 Å². The maximum Gasteiger partial charge on any atom is 0.0558 e. The molecule has 5 N–H and O–H groups in total. The highest BCUT2D eigenvalue weighted by atomic mass is 15.6. The van der Waals surface area contributed by atoms with E-state index >= 15 is 0 Å². The van der Waals surface area contributed by atoms with E-state index in [4.69, 9.17) is 5.73 Å². The van der Waals surface area contributed by atoms with Gasteiger partial charge in [0.1, 0.15) is 0 Å². The van der Waals surface area contributed by atoms with Gasteiger partial charge < -0.3 is 5.73 Å². The lowest BCUT2D eigenvalue weighted by Crippen LogP contribution is -2.39. The van der Waals surface area contributed by atoms with Crippen molar-refractivity contribution in [3.05, 3.63) is 35.9 Å². The van der Waals surface area contributed by atoms with Crippen molar-refractivity contribution in [3.8, 4) is 0 Å². The Labute approximate surface area is 77.5 Å². The second kappa shape index (κ2) is 3.85. The van der Waals surface area contributed by atoms with Crippen molar-refractivity contribution in [1.29, 1.82) is 0 Å². The van der Waals surface area contributed by atoms with Crippen LogP contribution in [0.25, 0.3) is 0 Å². The number of rotatable bonds is 2. The van der Waals surface area contributed by atoms with Gasteiger partial charge in [0.05, 0.1) is 6.04 Å². The zero-order chi connectivity index (χ0) is 9.10. The normalized spacial score (nSPS) is 24.5. The van der Waals surface area contributed by atoms with E-state index in [0.29, 0.717) is 0 Å². The lowest BCUT2D eigenvalue weighted by Gasteiger charge is -2.17. The van der Waals surface area contributed by atoms with Crippen molar-refractivity contribution >= 4 is 0 Å². The second-order valence-corrected chi connectivity index (χ2v) is 3.19. The molecule has 70 valence electrons. The summed E-state index contributed by atoms with van der Waals surface area (Å²) < 4.78 is 0. The van der Waals surface area contributed by atoms with Crippen LogP contribution in [-0.4, -0.2) is 12.6 Å². The van der Waals surface area contributed by atoms with E-state index in [2.05, 4.69) is 16.4 Å². The van der Waals surface area contributed by atoms with E-state index in [1.54, 1.807) is 0 Å². The minimum absolute atomic E-state index is 0.0312. The lowest BCUT2D eigenvalue weighted by molar-refractivity contribution is 0.482. The molecule has 1 saturated heterocycles. The van der Waals surface area contributed by atoms with Gasteiger partial charge in [-0.3, -0.25) is 0 Å². The summed E-state index contributed by atoms with van der Waals surface area (Å²) in [5.74, 6) is 0. The quantitative estimate of drug-likeness (QED) is 0.501. The van der Waals surface area contributed by atoms with Gasteiger partial charge in [-0.05, 0) is 5.56 Å². The molecule has 1 heterocycles. The molecule has 0 spiro atoms. The Bertz CT molecular complexity index is 256. The van der Waals surface area contributed by atoms with E-state index in [1.807, 2.05) is 30.3 Å². The van der Waals surface area contributed by atoms with Gasteiger partial charge in [0, 0.05) is 12.6 Å². The molecule has 0 saturated carbocycles. The minimum Gasteiger partial charge on any atom is -0.323 e. The second-order valence-electron chi connectivity index (χ2n) is 3.19. The minimum atomic E-state index is 0.0312. The van der Waals surface area contributed by atoms with E-state index < -0.39 is 0 Å². The number of benzene rings is 1.